The molecule has 0 saturated carbocycles. The number of ether oxygens (including phenoxy) is 1. The van der Waals surface area contributed by atoms with Crippen molar-refractivity contribution >= 4 is 0 Å². The molecule has 0 N–H and O–H groups in total. The topological polar surface area (TPSA) is 50.8 Å². The zero-order valence-electron chi connectivity index (χ0n) is 11.5. The van der Waals surface area contributed by atoms with Crippen molar-refractivity contribution in [3.8, 4) is 11.8 Å². The summed E-state index contributed by atoms with van der Waals surface area (Å²) < 4.78 is 7.32. The van der Waals surface area contributed by atoms with Crippen molar-refractivity contribution in [1.82, 2.24) is 9.55 Å². The molecule has 0 fully saturated rings. The molecule has 19 heavy (non-hydrogen) atoms. The number of hydrogen-bond donors (Lipinski definition) is 0. The molecule has 0 radical (unpaired) electrons. The van der Waals surface area contributed by atoms with E-state index in [1.54, 1.807) is 7.11 Å². The van der Waals surface area contributed by atoms with Crippen LogP contribution < -0.4 is 4.74 Å². The number of nitriles is 1. The van der Waals surface area contributed by atoms with Gasteiger partial charge in [-0.3, -0.25) is 0 Å². The Bertz CT molecular complexity index is 623. The van der Waals surface area contributed by atoms with Crippen LogP contribution in [0.1, 0.15) is 22.8 Å². The van der Waals surface area contributed by atoms with Crippen LogP contribution in [0.15, 0.2) is 24.3 Å². The third-order valence-corrected chi connectivity index (χ3v) is 3.37. The van der Waals surface area contributed by atoms with Gasteiger partial charge in [0.05, 0.1) is 12.8 Å². The van der Waals surface area contributed by atoms with Crippen LogP contribution in [0.5, 0.6) is 5.75 Å². The molecular formula is C15H17N3O. The number of hydrogen-bond acceptors (Lipinski definition) is 3. The minimum absolute atomic E-state index is 0.523. The van der Waals surface area contributed by atoms with Gasteiger partial charge in [0.25, 0.3) is 0 Å². The normalized spacial score (nSPS) is 10.2. The minimum Gasteiger partial charge on any atom is -0.496 e. The van der Waals surface area contributed by atoms with E-state index in [9.17, 15) is 0 Å². The van der Waals surface area contributed by atoms with Gasteiger partial charge in [0, 0.05) is 7.05 Å². The highest BCUT2D eigenvalue weighted by Crippen LogP contribution is 2.20. The lowest BCUT2D eigenvalue weighted by atomic mass is 10.1. The number of nitrogens with zero attached hydrogens (tertiary/aromatic N) is 3. The first kappa shape index (κ1) is 13.2. The average molecular weight is 255 g/mol. The molecule has 0 atom stereocenters. The summed E-state index contributed by atoms with van der Waals surface area (Å²) in [4.78, 5) is 4.25. The van der Waals surface area contributed by atoms with Gasteiger partial charge in [-0.05, 0) is 31.4 Å². The summed E-state index contributed by atoms with van der Waals surface area (Å²) in [6.07, 6.45) is 1.61. The van der Waals surface area contributed by atoms with Crippen LogP contribution >= 0.6 is 0 Å². The van der Waals surface area contributed by atoms with Crippen molar-refractivity contribution in [3.63, 3.8) is 0 Å². The second-order valence-corrected chi connectivity index (χ2v) is 4.44. The van der Waals surface area contributed by atoms with Crippen molar-refractivity contribution in [3.05, 3.63) is 47.0 Å². The summed E-state index contributed by atoms with van der Waals surface area (Å²) in [7, 11) is 3.62. The van der Waals surface area contributed by atoms with Gasteiger partial charge < -0.3 is 9.30 Å². The second kappa shape index (κ2) is 5.57. The molecule has 1 heterocycles. The fraction of sp³-hybridized carbons (Fsp3) is 0.333. The summed E-state index contributed by atoms with van der Waals surface area (Å²) in [5.74, 6) is 1.76. The second-order valence-electron chi connectivity index (χ2n) is 4.44. The van der Waals surface area contributed by atoms with Gasteiger partial charge in [0.15, 0.2) is 5.69 Å². The van der Waals surface area contributed by atoms with E-state index in [0.717, 1.165) is 35.7 Å². The zero-order valence-corrected chi connectivity index (χ0v) is 11.5. The maximum Gasteiger partial charge on any atom is 0.161 e. The SMILES string of the molecule is COc1ccccc1CCc1c(C#N)nc(C)n1C. The molecule has 2 rings (SSSR count). The molecular weight excluding hydrogens is 238 g/mol. The van der Waals surface area contributed by atoms with Crippen LogP contribution in [0.25, 0.3) is 0 Å². The molecule has 0 spiro atoms. The molecule has 98 valence electrons. The fourth-order valence-electron chi connectivity index (χ4n) is 2.19. The Morgan fingerprint density at radius 3 is 2.74 bits per heavy atom. The molecule has 4 nitrogen and oxygen atoms in total. The van der Waals surface area contributed by atoms with Crippen molar-refractivity contribution in [2.75, 3.05) is 7.11 Å². The lowest BCUT2D eigenvalue weighted by Gasteiger charge is -2.08. The number of para-hydroxylation sites is 1. The van der Waals surface area contributed by atoms with Gasteiger partial charge in [-0.15, -0.1) is 0 Å². The van der Waals surface area contributed by atoms with Crippen molar-refractivity contribution in [2.24, 2.45) is 7.05 Å². The zero-order chi connectivity index (χ0) is 13.8. The lowest BCUT2D eigenvalue weighted by molar-refractivity contribution is 0.409. The molecule has 1 aromatic carbocycles. The molecule has 4 heteroatoms. The highest BCUT2D eigenvalue weighted by atomic mass is 16.5. The first-order valence-corrected chi connectivity index (χ1v) is 6.21. The van der Waals surface area contributed by atoms with Gasteiger partial charge >= 0.3 is 0 Å². The van der Waals surface area contributed by atoms with Gasteiger partial charge in [-0.2, -0.15) is 5.26 Å². The molecule has 1 aromatic heterocycles. The Morgan fingerprint density at radius 1 is 1.32 bits per heavy atom. The Labute approximate surface area is 113 Å². The maximum atomic E-state index is 9.10. The van der Waals surface area contributed by atoms with E-state index in [0.29, 0.717) is 5.69 Å². The Kier molecular flexibility index (Phi) is 3.86. The quantitative estimate of drug-likeness (QED) is 0.843. The van der Waals surface area contributed by atoms with Crippen LogP contribution in [-0.4, -0.2) is 16.7 Å². The number of methoxy groups -OCH3 is 1. The van der Waals surface area contributed by atoms with Crippen LogP contribution in [0.3, 0.4) is 0 Å². The molecule has 0 aliphatic carbocycles. The van der Waals surface area contributed by atoms with E-state index < -0.39 is 0 Å². The molecule has 0 unspecified atom stereocenters. The first-order valence-electron chi connectivity index (χ1n) is 6.21. The Hall–Kier alpha value is -2.28. The molecule has 0 aliphatic heterocycles. The number of aryl methyl sites for hydroxylation is 2. The van der Waals surface area contributed by atoms with Gasteiger partial charge in [0.2, 0.25) is 0 Å². The van der Waals surface area contributed by atoms with Crippen LogP contribution in [0, 0.1) is 18.3 Å². The Morgan fingerprint density at radius 2 is 2.05 bits per heavy atom. The summed E-state index contributed by atoms with van der Waals surface area (Å²) in [6.45, 7) is 1.91. The van der Waals surface area contributed by atoms with Crippen molar-refractivity contribution < 1.29 is 4.74 Å². The number of benzene rings is 1. The summed E-state index contributed by atoms with van der Waals surface area (Å²) >= 11 is 0. The molecule has 0 saturated heterocycles. The first-order chi connectivity index (χ1) is 9.17. The van der Waals surface area contributed by atoms with E-state index in [-0.39, 0.29) is 0 Å². The molecule has 0 bridgehead atoms. The summed E-state index contributed by atoms with van der Waals surface area (Å²) in [6, 6.07) is 10.1. The number of aromatic nitrogens is 2. The monoisotopic (exact) mass is 255 g/mol. The molecule has 2 aromatic rings. The van der Waals surface area contributed by atoms with E-state index in [1.165, 1.54) is 0 Å². The standard InChI is InChI=1S/C15H17N3O/c1-11-17-13(10-16)14(18(11)2)9-8-12-6-4-5-7-15(12)19-3/h4-7H,8-9H2,1-3H3. The van der Waals surface area contributed by atoms with E-state index in [2.05, 4.69) is 11.1 Å². The average Bonchev–Trinajstić information content (AvgIpc) is 2.72. The van der Waals surface area contributed by atoms with E-state index in [1.807, 2.05) is 42.8 Å². The van der Waals surface area contributed by atoms with Crippen LogP contribution in [0.2, 0.25) is 0 Å². The van der Waals surface area contributed by atoms with Gasteiger partial charge in [-0.25, -0.2) is 4.98 Å². The van der Waals surface area contributed by atoms with E-state index in [4.69, 9.17) is 10.00 Å². The fourth-order valence-corrected chi connectivity index (χ4v) is 2.19. The van der Waals surface area contributed by atoms with Crippen LogP contribution in [-0.2, 0) is 19.9 Å². The van der Waals surface area contributed by atoms with Gasteiger partial charge in [-0.1, -0.05) is 18.2 Å². The third-order valence-electron chi connectivity index (χ3n) is 3.37. The van der Waals surface area contributed by atoms with Gasteiger partial charge in [0.1, 0.15) is 17.6 Å². The summed E-state index contributed by atoms with van der Waals surface area (Å²) in [5, 5.41) is 9.10. The largest absolute Gasteiger partial charge is 0.496 e. The molecule has 0 amide bonds. The highest BCUT2D eigenvalue weighted by molar-refractivity contribution is 5.35. The predicted octanol–water partition coefficient (Wildman–Crippen LogP) is 2.39. The number of imidazole rings is 1. The smallest absolute Gasteiger partial charge is 0.161 e. The lowest BCUT2D eigenvalue weighted by Crippen LogP contribution is -2.03. The summed E-state index contributed by atoms with van der Waals surface area (Å²) in [5.41, 5.74) is 2.65. The predicted molar refractivity (Wildman–Crippen MR) is 73.1 cm³/mol. The van der Waals surface area contributed by atoms with Crippen molar-refractivity contribution in [2.45, 2.75) is 19.8 Å². The minimum atomic E-state index is 0.523. The number of rotatable bonds is 4. The maximum absolute atomic E-state index is 9.10. The molecule has 0 aliphatic rings. The van der Waals surface area contributed by atoms with Crippen molar-refractivity contribution in [1.29, 1.82) is 5.26 Å². The Balaban J connectivity index is 2.22. The highest BCUT2D eigenvalue weighted by Gasteiger charge is 2.12. The van der Waals surface area contributed by atoms with Crippen LogP contribution in [0.4, 0.5) is 0 Å². The van der Waals surface area contributed by atoms with E-state index >= 15 is 0 Å². The third kappa shape index (κ3) is 2.60.